The predicted molar refractivity (Wildman–Crippen MR) is 156 cm³/mol. The summed E-state index contributed by atoms with van der Waals surface area (Å²) in [5, 5.41) is 8.64. The quantitative estimate of drug-likeness (QED) is 0.169. The van der Waals surface area contributed by atoms with Crippen molar-refractivity contribution in [3.8, 4) is 0 Å². The van der Waals surface area contributed by atoms with Crippen LogP contribution in [0.4, 0.5) is 0 Å². The van der Waals surface area contributed by atoms with Gasteiger partial charge in [-0.3, -0.25) is 0 Å². The molecule has 2 heteroatoms. The van der Waals surface area contributed by atoms with Gasteiger partial charge in [0.15, 0.2) is 0 Å². The molecule has 0 nitrogen and oxygen atoms in total. The Morgan fingerprint density at radius 2 is 0.829 bits per heavy atom. The maximum absolute atomic E-state index is 8.39. The molecule has 0 aliphatic heterocycles. The third-order valence-electron chi connectivity index (χ3n) is 7.20. The van der Waals surface area contributed by atoms with Gasteiger partial charge in [0.1, 0.15) is 0 Å². The Morgan fingerprint density at radius 3 is 1.34 bits per heavy atom. The predicted octanol–water partition coefficient (Wildman–Crippen LogP) is 8.18. The second-order valence-electron chi connectivity index (χ2n) is 9.15. The van der Waals surface area contributed by atoms with Gasteiger partial charge in [-0.25, -0.2) is 0 Å². The first-order chi connectivity index (χ1) is 17.2. The summed E-state index contributed by atoms with van der Waals surface area (Å²) < 4.78 is 0. The van der Waals surface area contributed by atoms with Gasteiger partial charge in [-0.15, -0.1) is 0 Å². The van der Waals surface area contributed by atoms with E-state index in [1.165, 1.54) is 43.0 Å². The van der Waals surface area contributed by atoms with Gasteiger partial charge in [0.2, 0.25) is 0 Å². The van der Waals surface area contributed by atoms with Gasteiger partial charge in [0, 0.05) is 0 Å². The monoisotopic (exact) mass is 488 g/mol. The van der Waals surface area contributed by atoms with Crippen molar-refractivity contribution < 1.29 is 0 Å². The molecule has 6 rings (SSSR count). The zero-order valence-electron chi connectivity index (χ0n) is 19.4. The van der Waals surface area contributed by atoms with Crippen molar-refractivity contribution in [2.45, 2.75) is 6.16 Å². The van der Waals surface area contributed by atoms with E-state index in [4.69, 9.17) is 11.2 Å². The van der Waals surface area contributed by atoms with Gasteiger partial charge in [-0.1, -0.05) is 0 Å². The van der Waals surface area contributed by atoms with E-state index in [1.807, 2.05) is 0 Å². The second-order valence-corrected chi connectivity index (χ2v) is 15.6. The maximum atomic E-state index is 8.39. The van der Waals surface area contributed by atoms with Crippen LogP contribution in [0.2, 0.25) is 0 Å². The van der Waals surface area contributed by atoms with Crippen LogP contribution in [0.15, 0.2) is 146 Å². The number of hydrogen-bond donors (Lipinski definition) is 0. The fourth-order valence-electron chi connectivity index (χ4n) is 5.52. The molecule has 0 fully saturated rings. The van der Waals surface area contributed by atoms with Gasteiger partial charge in [0.05, 0.1) is 0 Å². The standard InChI is InChI=1S/C33H26ClP/c34-35(28-15-4-1-5-16-28,29-17-6-2-7-18-29,30-19-8-3-9-20-30)25-27-24-26-14-10-11-21-31(26)33-23-13-12-22-32(27)33/h1-24H,25H2. The molecule has 0 amide bonds. The summed E-state index contributed by atoms with van der Waals surface area (Å²) in [4.78, 5) is 0. The van der Waals surface area contributed by atoms with E-state index < -0.39 is 5.96 Å². The van der Waals surface area contributed by atoms with Gasteiger partial charge >= 0.3 is 212 Å². The van der Waals surface area contributed by atoms with E-state index in [-0.39, 0.29) is 0 Å². The Kier molecular flexibility index (Phi) is 5.45. The summed E-state index contributed by atoms with van der Waals surface area (Å²) in [6, 6.07) is 52.0. The van der Waals surface area contributed by atoms with Crippen molar-refractivity contribution in [3.63, 3.8) is 0 Å². The average molecular weight is 489 g/mol. The van der Waals surface area contributed by atoms with E-state index in [0.29, 0.717) is 0 Å². The summed E-state index contributed by atoms with van der Waals surface area (Å²) in [6.07, 6.45) is 0.733. The summed E-state index contributed by atoms with van der Waals surface area (Å²) in [7, 11) is 0. The normalized spacial score (nSPS) is 12.9. The first kappa shape index (κ1) is 22.1. The second kappa shape index (κ2) is 8.65. The van der Waals surface area contributed by atoms with Crippen LogP contribution in [0.1, 0.15) is 5.56 Å². The van der Waals surface area contributed by atoms with Crippen molar-refractivity contribution in [1.82, 2.24) is 0 Å². The van der Waals surface area contributed by atoms with Crippen LogP contribution >= 0.6 is 17.2 Å². The summed E-state index contributed by atoms with van der Waals surface area (Å²) in [6.45, 7) is 0. The molecule has 0 N–H and O–H groups in total. The first-order valence-corrected chi connectivity index (χ1v) is 15.3. The molecule has 35 heavy (non-hydrogen) atoms. The number of benzene rings is 6. The third-order valence-corrected chi connectivity index (χ3v) is 14.4. The molecule has 0 unspecified atom stereocenters. The Balaban J connectivity index is 1.74. The molecule has 6 aromatic carbocycles. The van der Waals surface area contributed by atoms with E-state index in [9.17, 15) is 0 Å². The zero-order valence-corrected chi connectivity index (χ0v) is 21.0. The molecular weight excluding hydrogens is 463 g/mol. The summed E-state index contributed by atoms with van der Waals surface area (Å²) >= 11 is 8.39. The molecule has 0 aromatic heterocycles. The fraction of sp³-hybridized carbons (Fsp3) is 0.0303. The molecule has 0 aliphatic rings. The topological polar surface area (TPSA) is 0 Å². The summed E-state index contributed by atoms with van der Waals surface area (Å²) in [5.74, 6) is -3.42. The Hall–Kier alpha value is -3.44. The molecule has 170 valence electrons. The van der Waals surface area contributed by atoms with E-state index in [1.54, 1.807) is 0 Å². The molecule has 0 aliphatic carbocycles. The van der Waals surface area contributed by atoms with Gasteiger partial charge in [-0.05, 0) is 0 Å². The van der Waals surface area contributed by atoms with Crippen molar-refractivity contribution in [2.75, 3.05) is 0 Å². The minimum absolute atomic E-state index is 0.733. The molecule has 0 radical (unpaired) electrons. The SMILES string of the molecule is ClP(Cc1cc2ccccc2c2ccccc12)(c1ccccc1)(c1ccccc1)c1ccccc1. The van der Waals surface area contributed by atoms with Crippen LogP contribution in [-0.2, 0) is 6.16 Å². The Labute approximate surface area is 211 Å². The zero-order chi connectivity index (χ0) is 23.7. The van der Waals surface area contributed by atoms with Crippen molar-refractivity contribution in [3.05, 3.63) is 151 Å². The van der Waals surface area contributed by atoms with Crippen LogP contribution in [0.25, 0.3) is 21.5 Å². The third kappa shape index (κ3) is 3.49. The Morgan fingerprint density at radius 1 is 0.429 bits per heavy atom. The van der Waals surface area contributed by atoms with Gasteiger partial charge in [0.25, 0.3) is 0 Å². The van der Waals surface area contributed by atoms with Crippen LogP contribution in [0.3, 0.4) is 0 Å². The van der Waals surface area contributed by atoms with E-state index in [2.05, 4.69) is 146 Å². The molecule has 0 atom stereocenters. The van der Waals surface area contributed by atoms with Crippen LogP contribution in [0, 0.1) is 0 Å². The van der Waals surface area contributed by atoms with Crippen molar-refractivity contribution >= 4 is 54.7 Å². The molecular formula is C33H26ClP. The molecule has 0 saturated heterocycles. The molecule has 0 bridgehead atoms. The van der Waals surface area contributed by atoms with Crippen LogP contribution in [-0.4, -0.2) is 0 Å². The Bertz CT molecular complexity index is 1530. The molecule has 6 aromatic rings. The van der Waals surface area contributed by atoms with Crippen LogP contribution in [0.5, 0.6) is 0 Å². The molecule has 0 heterocycles. The van der Waals surface area contributed by atoms with Crippen molar-refractivity contribution in [1.29, 1.82) is 0 Å². The first-order valence-electron chi connectivity index (χ1n) is 12.0. The van der Waals surface area contributed by atoms with Gasteiger partial charge < -0.3 is 0 Å². The summed E-state index contributed by atoms with van der Waals surface area (Å²) in [5.41, 5.74) is 1.28. The van der Waals surface area contributed by atoms with Crippen molar-refractivity contribution in [2.24, 2.45) is 0 Å². The number of rotatable bonds is 5. The molecule has 0 saturated carbocycles. The number of fused-ring (bicyclic) bond motifs is 3. The van der Waals surface area contributed by atoms with Gasteiger partial charge in [-0.2, -0.15) is 0 Å². The number of halogens is 1. The van der Waals surface area contributed by atoms with Crippen LogP contribution < -0.4 is 15.9 Å². The number of hydrogen-bond acceptors (Lipinski definition) is 0. The molecule has 0 spiro atoms. The minimum atomic E-state index is -3.42. The fourth-order valence-corrected chi connectivity index (χ4v) is 11.6. The average Bonchev–Trinajstić information content (AvgIpc) is 2.95. The van der Waals surface area contributed by atoms with E-state index in [0.717, 1.165) is 6.16 Å². The van der Waals surface area contributed by atoms with E-state index >= 15 is 0 Å².